The molecule has 1 N–H and O–H groups in total. The van der Waals surface area contributed by atoms with E-state index in [4.69, 9.17) is 11.6 Å². The summed E-state index contributed by atoms with van der Waals surface area (Å²) in [7, 11) is -2.73. The highest BCUT2D eigenvalue weighted by Gasteiger charge is 2.27. The first-order chi connectivity index (χ1) is 15.7. The molecule has 0 fully saturated rings. The van der Waals surface area contributed by atoms with Gasteiger partial charge in [0.15, 0.2) is 0 Å². The van der Waals surface area contributed by atoms with Crippen LogP contribution < -0.4 is 5.32 Å². The van der Waals surface area contributed by atoms with Crippen molar-refractivity contribution in [3.8, 4) is 0 Å². The molecule has 0 saturated carbocycles. The number of hydrogen-bond acceptors (Lipinski definition) is 5. The first-order valence-corrected chi connectivity index (χ1v) is 12.3. The fourth-order valence-electron chi connectivity index (χ4n) is 2.97. The van der Waals surface area contributed by atoms with Crippen molar-refractivity contribution in [1.82, 2.24) is 4.31 Å². The predicted molar refractivity (Wildman–Crippen MR) is 130 cm³/mol. The Labute approximate surface area is 205 Å². The molecule has 3 rings (SSSR count). The number of carbonyl (C=O) groups excluding carboxylic acids is 2. The lowest BCUT2D eigenvalue weighted by atomic mass is 10.2. The highest BCUT2D eigenvalue weighted by molar-refractivity contribution is 9.10. The third kappa shape index (κ3) is 6.42. The smallest absolute Gasteiger partial charge is 0.337 e. The van der Waals surface area contributed by atoms with Crippen molar-refractivity contribution in [2.75, 3.05) is 19.0 Å². The van der Waals surface area contributed by atoms with E-state index in [2.05, 4.69) is 26.0 Å². The Kier molecular flexibility index (Phi) is 8.25. The number of carbonyl (C=O) groups is 2. The molecule has 0 aliphatic rings. The molecule has 3 aromatic rings. The summed E-state index contributed by atoms with van der Waals surface area (Å²) in [5.41, 5.74) is 1.30. The number of amides is 1. The van der Waals surface area contributed by atoms with Crippen molar-refractivity contribution in [2.45, 2.75) is 11.4 Å². The number of benzene rings is 3. The number of esters is 1. The summed E-state index contributed by atoms with van der Waals surface area (Å²) in [4.78, 5) is 24.4. The van der Waals surface area contributed by atoms with Gasteiger partial charge in [-0.25, -0.2) is 13.2 Å². The molecular weight excluding hydrogens is 532 g/mol. The molecule has 0 atom stereocenters. The molecule has 0 aliphatic carbocycles. The molecule has 172 valence electrons. The Morgan fingerprint density at radius 2 is 1.64 bits per heavy atom. The van der Waals surface area contributed by atoms with Gasteiger partial charge in [0.1, 0.15) is 0 Å². The van der Waals surface area contributed by atoms with E-state index in [-0.39, 0.29) is 11.4 Å². The summed E-state index contributed by atoms with van der Waals surface area (Å²) in [5, 5.41) is 3.05. The Hall–Kier alpha value is -2.72. The second-order valence-corrected chi connectivity index (χ2v) is 10.2. The molecule has 0 radical (unpaired) electrons. The van der Waals surface area contributed by atoms with Crippen LogP contribution in [0, 0.1) is 0 Å². The number of rotatable bonds is 8. The number of nitrogens with one attached hydrogen (secondary N) is 1. The first kappa shape index (κ1) is 24.9. The normalized spacial score (nSPS) is 11.3. The van der Waals surface area contributed by atoms with E-state index in [1.165, 1.54) is 43.5 Å². The zero-order valence-electron chi connectivity index (χ0n) is 17.5. The van der Waals surface area contributed by atoms with Gasteiger partial charge in [-0.2, -0.15) is 4.31 Å². The van der Waals surface area contributed by atoms with Crippen LogP contribution in [0.4, 0.5) is 5.69 Å². The molecule has 1 amide bonds. The largest absolute Gasteiger partial charge is 0.465 e. The third-order valence-corrected chi connectivity index (χ3v) is 7.37. The second kappa shape index (κ2) is 10.9. The quantitative estimate of drug-likeness (QED) is 0.409. The number of anilines is 1. The maximum atomic E-state index is 13.3. The summed E-state index contributed by atoms with van der Waals surface area (Å²) in [5.74, 6) is -1.05. The zero-order chi connectivity index (χ0) is 24.0. The van der Waals surface area contributed by atoms with Crippen molar-refractivity contribution >= 4 is 55.1 Å². The van der Waals surface area contributed by atoms with Crippen molar-refractivity contribution < 1.29 is 22.7 Å². The van der Waals surface area contributed by atoms with E-state index >= 15 is 0 Å². The highest BCUT2D eigenvalue weighted by Crippen LogP contribution is 2.24. The number of hydrogen-bond donors (Lipinski definition) is 1. The monoisotopic (exact) mass is 550 g/mol. The van der Waals surface area contributed by atoms with E-state index in [0.29, 0.717) is 21.8 Å². The van der Waals surface area contributed by atoms with Crippen molar-refractivity contribution in [3.05, 3.63) is 93.4 Å². The predicted octanol–water partition coefficient (Wildman–Crippen LogP) is 4.72. The molecule has 0 spiro atoms. The summed E-state index contributed by atoms with van der Waals surface area (Å²) in [6, 6.07) is 19.1. The summed E-state index contributed by atoms with van der Waals surface area (Å²) in [6.07, 6.45) is 0. The van der Waals surface area contributed by atoms with Gasteiger partial charge in [0.2, 0.25) is 15.9 Å². The minimum absolute atomic E-state index is 0.0491. The van der Waals surface area contributed by atoms with Crippen molar-refractivity contribution in [3.63, 3.8) is 0 Å². The van der Waals surface area contributed by atoms with E-state index < -0.39 is 28.4 Å². The van der Waals surface area contributed by atoms with Gasteiger partial charge >= 0.3 is 5.97 Å². The zero-order valence-corrected chi connectivity index (χ0v) is 20.7. The lowest BCUT2D eigenvalue weighted by Crippen LogP contribution is -2.37. The molecule has 3 aromatic carbocycles. The van der Waals surface area contributed by atoms with Crippen LogP contribution in [-0.4, -0.2) is 38.3 Å². The maximum Gasteiger partial charge on any atom is 0.337 e. The van der Waals surface area contributed by atoms with Gasteiger partial charge < -0.3 is 10.1 Å². The number of nitrogens with zero attached hydrogens (tertiary/aromatic N) is 1. The molecule has 0 heterocycles. The molecular formula is C23H20BrClN2O5S. The summed E-state index contributed by atoms with van der Waals surface area (Å²) in [6.45, 7) is -0.533. The topological polar surface area (TPSA) is 92.8 Å². The molecule has 0 aromatic heterocycles. The van der Waals surface area contributed by atoms with Crippen LogP contribution >= 0.6 is 27.5 Å². The van der Waals surface area contributed by atoms with Crippen molar-refractivity contribution in [1.29, 1.82) is 0 Å². The van der Waals surface area contributed by atoms with Gasteiger partial charge in [-0.15, -0.1) is 0 Å². The van der Waals surface area contributed by atoms with E-state index in [1.54, 1.807) is 36.4 Å². The standard InChI is InChI=1S/C23H20BrClN2O5S/c1-32-23(29)16-6-10-19(11-7-16)26-22(28)15-27(14-17-4-2-3-5-21(17)25)33(30,31)20-12-8-18(24)9-13-20/h2-13H,14-15H2,1H3,(H,26,28). The van der Waals surface area contributed by atoms with Crippen LogP contribution in [0.1, 0.15) is 15.9 Å². The third-order valence-electron chi connectivity index (χ3n) is 4.67. The van der Waals surface area contributed by atoms with Gasteiger partial charge in [-0.05, 0) is 60.2 Å². The lowest BCUT2D eigenvalue weighted by molar-refractivity contribution is -0.116. The number of sulfonamides is 1. The highest BCUT2D eigenvalue weighted by atomic mass is 79.9. The first-order valence-electron chi connectivity index (χ1n) is 9.68. The Morgan fingerprint density at radius 1 is 1.00 bits per heavy atom. The Bertz CT molecular complexity index is 1250. The van der Waals surface area contributed by atoms with Crippen LogP contribution in [0.2, 0.25) is 5.02 Å². The average Bonchev–Trinajstić information content (AvgIpc) is 2.80. The van der Waals surface area contributed by atoms with Crippen molar-refractivity contribution in [2.24, 2.45) is 0 Å². The molecule has 0 saturated heterocycles. The summed E-state index contributed by atoms with van der Waals surface area (Å²) < 4.78 is 33.1. The Balaban J connectivity index is 1.84. The minimum atomic E-state index is -4.01. The molecule has 7 nitrogen and oxygen atoms in total. The minimum Gasteiger partial charge on any atom is -0.465 e. The van der Waals surface area contributed by atoms with Gasteiger partial charge in [-0.1, -0.05) is 45.7 Å². The maximum absolute atomic E-state index is 13.3. The molecule has 0 bridgehead atoms. The van der Waals surface area contributed by atoms with Crippen LogP contribution in [0.15, 0.2) is 82.2 Å². The fourth-order valence-corrected chi connectivity index (χ4v) is 4.80. The second-order valence-electron chi connectivity index (χ2n) is 6.94. The number of halogens is 2. The van der Waals surface area contributed by atoms with E-state index in [0.717, 1.165) is 8.78 Å². The fraction of sp³-hybridized carbons (Fsp3) is 0.130. The molecule has 0 aliphatic heterocycles. The lowest BCUT2D eigenvalue weighted by Gasteiger charge is -2.22. The molecule has 10 heteroatoms. The number of ether oxygens (including phenoxy) is 1. The number of methoxy groups -OCH3 is 1. The average molecular weight is 552 g/mol. The van der Waals surface area contributed by atoms with Gasteiger partial charge in [-0.3, -0.25) is 4.79 Å². The Morgan fingerprint density at radius 3 is 2.24 bits per heavy atom. The van der Waals surface area contributed by atoms with Crippen LogP contribution in [0.25, 0.3) is 0 Å². The van der Waals surface area contributed by atoms with Crippen LogP contribution in [0.5, 0.6) is 0 Å². The van der Waals surface area contributed by atoms with Gasteiger partial charge in [0.25, 0.3) is 0 Å². The SMILES string of the molecule is COC(=O)c1ccc(NC(=O)CN(Cc2ccccc2Cl)S(=O)(=O)c2ccc(Br)cc2)cc1. The molecule has 0 unspecified atom stereocenters. The van der Waals surface area contributed by atoms with E-state index in [9.17, 15) is 18.0 Å². The molecule has 33 heavy (non-hydrogen) atoms. The summed E-state index contributed by atoms with van der Waals surface area (Å²) >= 11 is 9.53. The van der Waals surface area contributed by atoms with Crippen LogP contribution in [-0.2, 0) is 26.1 Å². The van der Waals surface area contributed by atoms with Crippen LogP contribution in [0.3, 0.4) is 0 Å². The van der Waals surface area contributed by atoms with E-state index in [1.807, 2.05) is 0 Å². The van der Waals surface area contributed by atoms with Gasteiger partial charge in [0.05, 0.1) is 24.1 Å². The van der Waals surface area contributed by atoms with Gasteiger partial charge in [0, 0.05) is 21.7 Å².